The summed E-state index contributed by atoms with van der Waals surface area (Å²) in [5.41, 5.74) is 2.48. The first kappa shape index (κ1) is 18.8. The highest BCUT2D eigenvalue weighted by atomic mass is 32.2. The van der Waals surface area contributed by atoms with Crippen LogP contribution >= 0.6 is 11.8 Å². The van der Waals surface area contributed by atoms with E-state index in [9.17, 15) is 14.7 Å². The van der Waals surface area contributed by atoms with Crippen LogP contribution in [0, 0.1) is 6.92 Å². The van der Waals surface area contributed by atoms with Gasteiger partial charge in [-0.2, -0.15) is 0 Å². The van der Waals surface area contributed by atoms with E-state index in [2.05, 4.69) is 10.3 Å². The summed E-state index contributed by atoms with van der Waals surface area (Å²) in [6.07, 6.45) is 1.62. The summed E-state index contributed by atoms with van der Waals surface area (Å²) in [6, 6.07) is 17.7. The van der Waals surface area contributed by atoms with Crippen LogP contribution < -0.4 is 5.32 Å². The third-order valence-corrected chi connectivity index (χ3v) is 5.12. The summed E-state index contributed by atoms with van der Waals surface area (Å²) < 4.78 is 5.77. The van der Waals surface area contributed by atoms with Crippen molar-refractivity contribution in [2.75, 3.05) is 0 Å². The second-order valence-corrected chi connectivity index (χ2v) is 7.40. The summed E-state index contributed by atoms with van der Waals surface area (Å²) in [5.74, 6) is -0.411. The van der Waals surface area contributed by atoms with Crippen molar-refractivity contribution < 1.29 is 19.1 Å². The Morgan fingerprint density at radius 1 is 1.14 bits per heavy atom. The maximum Gasteiger partial charge on any atom is 0.336 e. The van der Waals surface area contributed by atoms with Crippen LogP contribution in [0.5, 0.6) is 0 Å². The van der Waals surface area contributed by atoms with Gasteiger partial charge >= 0.3 is 5.97 Å². The molecule has 0 bridgehead atoms. The molecule has 1 amide bonds. The monoisotopic (exact) mass is 404 g/mol. The second kappa shape index (κ2) is 7.81. The summed E-state index contributed by atoms with van der Waals surface area (Å²) >= 11 is 1.22. The molecule has 1 aliphatic rings. The quantitative estimate of drug-likeness (QED) is 0.607. The number of nitrogens with zero attached hydrogens (tertiary/aromatic N) is 1. The zero-order valence-electron chi connectivity index (χ0n) is 15.4. The molecule has 0 atom stereocenters. The Hall–Kier alpha value is -3.58. The van der Waals surface area contributed by atoms with Crippen LogP contribution in [0.25, 0.3) is 17.4 Å². The van der Waals surface area contributed by atoms with Crippen molar-refractivity contribution in [3.63, 3.8) is 0 Å². The van der Waals surface area contributed by atoms with Gasteiger partial charge in [-0.15, -0.1) is 0 Å². The highest BCUT2D eigenvalue weighted by molar-refractivity contribution is 8.18. The molecule has 0 unspecified atom stereocenters. The number of aromatic carboxylic acids is 1. The Morgan fingerprint density at radius 3 is 2.76 bits per heavy atom. The lowest BCUT2D eigenvalue weighted by atomic mass is 10.1. The third-order valence-electron chi connectivity index (χ3n) is 4.21. The molecule has 144 valence electrons. The van der Waals surface area contributed by atoms with Crippen LogP contribution in [0.15, 0.2) is 75.0 Å². The van der Waals surface area contributed by atoms with Crippen LogP contribution in [0.2, 0.25) is 0 Å². The standard InChI is InChI=1S/C22H16N2O4S/c1-13-5-4-6-14(11-13)23-22-24-20(25)19(29-22)12-15-9-10-18(28-15)16-7-2-3-8-17(16)21(26)27/h2-12H,1H3,(H,26,27)(H,23,24,25)/b19-12+. The zero-order chi connectivity index (χ0) is 20.4. The fourth-order valence-corrected chi connectivity index (χ4v) is 3.71. The van der Waals surface area contributed by atoms with Gasteiger partial charge in [0, 0.05) is 11.6 Å². The molecule has 2 heterocycles. The Kier molecular flexibility index (Phi) is 5.05. The van der Waals surface area contributed by atoms with E-state index in [0.717, 1.165) is 11.3 Å². The average molecular weight is 404 g/mol. The number of carbonyl (C=O) groups excluding carboxylic acids is 1. The van der Waals surface area contributed by atoms with Crippen LogP contribution in [0.3, 0.4) is 0 Å². The SMILES string of the molecule is Cc1cccc(N=C2NC(=O)/C(=C\c3ccc(-c4ccccc4C(=O)O)o3)S2)c1. The average Bonchev–Trinajstić information content (AvgIpc) is 3.29. The summed E-state index contributed by atoms with van der Waals surface area (Å²) in [6.45, 7) is 1.98. The van der Waals surface area contributed by atoms with Gasteiger partial charge in [-0.05, 0) is 54.6 Å². The van der Waals surface area contributed by atoms with Gasteiger partial charge in [0.05, 0.1) is 16.2 Å². The minimum Gasteiger partial charge on any atom is -0.478 e. The topological polar surface area (TPSA) is 91.9 Å². The maximum atomic E-state index is 12.3. The van der Waals surface area contributed by atoms with Gasteiger partial charge in [-0.1, -0.05) is 30.3 Å². The normalized spacial score (nSPS) is 16.4. The van der Waals surface area contributed by atoms with Gasteiger partial charge in [-0.3, -0.25) is 4.79 Å². The molecule has 0 saturated carbocycles. The number of thioether (sulfide) groups is 1. The van der Waals surface area contributed by atoms with E-state index in [1.54, 1.807) is 36.4 Å². The first-order valence-corrected chi connectivity index (χ1v) is 9.60. The van der Waals surface area contributed by atoms with Gasteiger partial charge in [0.1, 0.15) is 11.5 Å². The number of amides is 1. The van der Waals surface area contributed by atoms with E-state index in [1.807, 2.05) is 31.2 Å². The number of carboxylic acid groups (broad SMARTS) is 1. The minimum atomic E-state index is -1.03. The van der Waals surface area contributed by atoms with E-state index in [0.29, 0.717) is 27.2 Å². The lowest BCUT2D eigenvalue weighted by molar-refractivity contribution is -0.115. The predicted molar refractivity (Wildman–Crippen MR) is 113 cm³/mol. The molecule has 4 rings (SSSR count). The van der Waals surface area contributed by atoms with Crippen molar-refractivity contribution >= 4 is 40.6 Å². The first-order valence-electron chi connectivity index (χ1n) is 8.78. The van der Waals surface area contributed by atoms with Gasteiger partial charge in [-0.25, -0.2) is 9.79 Å². The number of amidine groups is 1. The largest absolute Gasteiger partial charge is 0.478 e. The van der Waals surface area contributed by atoms with Crippen LogP contribution in [-0.4, -0.2) is 22.2 Å². The van der Waals surface area contributed by atoms with E-state index < -0.39 is 5.97 Å². The van der Waals surface area contributed by atoms with Gasteiger partial charge in [0.2, 0.25) is 0 Å². The molecular weight excluding hydrogens is 388 g/mol. The van der Waals surface area contributed by atoms with E-state index in [1.165, 1.54) is 17.8 Å². The second-order valence-electron chi connectivity index (χ2n) is 6.37. The zero-order valence-corrected chi connectivity index (χ0v) is 16.2. The summed E-state index contributed by atoms with van der Waals surface area (Å²) in [4.78, 5) is 28.6. The van der Waals surface area contributed by atoms with Gasteiger partial charge in [0.15, 0.2) is 5.17 Å². The number of carbonyl (C=O) groups is 2. The Bertz CT molecular complexity index is 1180. The lowest BCUT2D eigenvalue weighted by Gasteiger charge is -2.02. The molecule has 1 aromatic heterocycles. The van der Waals surface area contributed by atoms with Crippen LogP contribution in [0.4, 0.5) is 5.69 Å². The predicted octanol–water partition coefficient (Wildman–Crippen LogP) is 4.84. The van der Waals surface area contributed by atoms with E-state index in [4.69, 9.17) is 4.42 Å². The highest BCUT2D eigenvalue weighted by Crippen LogP contribution is 2.31. The summed E-state index contributed by atoms with van der Waals surface area (Å²) in [5, 5.41) is 12.6. The Balaban J connectivity index is 1.58. The molecule has 0 aliphatic carbocycles. The maximum absolute atomic E-state index is 12.3. The Morgan fingerprint density at radius 2 is 1.97 bits per heavy atom. The number of aryl methyl sites for hydroxylation is 1. The molecule has 1 saturated heterocycles. The van der Waals surface area contributed by atoms with Crippen molar-refractivity contribution in [1.82, 2.24) is 5.32 Å². The number of furan rings is 1. The molecular formula is C22H16N2O4S. The molecule has 6 nitrogen and oxygen atoms in total. The minimum absolute atomic E-state index is 0.154. The van der Waals surface area contributed by atoms with Crippen LogP contribution in [0.1, 0.15) is 21.7 Å². The number of hydrogen-bond donors (Lipinski definition) is 2. The molecule has 1 aliphatic heterocycles. The highest BCUT2D eigenvalue weighted by Gasteiger charge is 2.24. The van der Waals surface area contributed by atoms with Crippen molar-refractivity contribution in [3.8, 4) is 11.3 Å². The first-order chi connectivity index (χ1) is 14.0. The summed E-state index contributed by atoms with van der Waals surface area (Å²) in [7, 11) is 0. The smallest absolute Gasteiger partial charge is 0.336 e. The van der Waals surface area contributed by atoms with Crippen molar-refractivity contribution in [3.05, 3.63) is 82.5 Å². The molecule has 29 heavy (non-hydrogen) atoms. The van der Waals surface area contributed by atoms with Crippen molar-refractivity contribution in [1.29, 1.82) is 0 Å². The molecule has 3 aromatic rings. The fourth-order valence-electron chi connectivity index (χ4n) is 2.88. The Labute approximate surface area is 171 Å². The lowest BCUT2D eigenvalue weighted by Crippen LogP contribution is -2.19. The van der Waals surface area contributed by atoms with Gasteiger partial charge < -0.3 is 14.8 Å². The van der Waals surface area contributed by atoms with E-state index >= 15 is 0 Å². The molecule has 1 fully saturated rings. The van der Waals surface area contributed by atoms with E-state index in [-0.39, 0.29) is 11.5 Å². The van der Waals surface area contributed by atoms with Crippen LogP contribution in [-0.2, 0) is 4.79 Å². The van der Waals surface area contributed by atoms with Crippen molar-refractivity contribution in [2.24, 2.45) is 4.99 Å². The number of carboxylic acids is 1. The number of nitrogens with one attached hydrogen (secondary N) is 1. The van der Waals surface area contributed by atoms with Crippen molar-refractivity contribution in [2.45, 2.75) is 6.92 Å². The number of hydrogen-bond acceptors (Lipinski definition) is 5. The third kappa shape index (κ3) is 4.14. The molecule has 2 N–H and O–H groups in total. The molecule has 2 aromatic carbocycles. The molecule has 7 heteroatoms. The fraction of sp³-hybridized carbons (Fsp3) is 0.0455. The molecule has 0 spiro atoms. The van der Waals surface area contributed by atoms with Gasteiger partial charge in [0.25, 0.3) is 5.91 Å². The number of aliphatic imine (C=N–C) groups is 1. The molecule has 0 radical (unpaired) electrons. The number of benzene rings is 2. The number of rotatable bonds is 4.